The number of aromatic nitrogens is 1. The van der Waals surface area contributed by atoms with Gasteiger partial charge in [0.1, 0.15) is 0 Å². The van der Waals surface area contributed by atoms with Crippen molar-refractivity contribution in [2.45, 2.75) is 40.5 Å². The second-order valence-corrected chi connectivity index (χ2v) is 9.49. The molecule has 0 saturated carbocycles. The number of aryl methyl sites for hydroxylation is 1. The van der Waals surface area contributed by atoms with Gasteiger partial charge in [0.25, 0.3) is 5.91 Å². The Morgan fingerprint density at radius 1 is 1.13 bits per heavy atom. The molecule has 0 bridgehead atoms. The summed E-state index contributed by atoms with van der Waals surface area (Å²) in [7, 11) is 0. The highest BCUT2D eigenvalue weighted by atomic mass is 32.1. The van der Waals surface area contributed by atoms with Crippen molar-refractivity contribution in [3.05, 3.63) is 40.9 Å². The summed E-state index contributed by atoms with van der Waals surface area (Å²) in [5, 5.41) is 8.24. The summed E-state index contributed by atoms with van der Waals surface area (Å²) in [6.45, 7) is 8.45. The van der Waals surface area contributed by atoms with Gasteiger partial charge in [0.15, 0.2) is 5.13 Å². The molecule has 0 atom stereocenters. The number of likely N-dealkylation sites (tertiary alicyclic amines) is 1. The molecule has 1 aromatic heterocycles. The van der Waals surface area contributed by atoms with Crippen molar-refractivity contribution in [1.82, 2.24) is 9.88 Å². The number of carbonyl (C=O) groups excluding carboxylic acids is 3. The van der Waals surface area contributed by atoms with E-state index in [0.29, 0.717) is 42.3 Å². The molecule has 2 aromatic rings. The van der Waals surface area contributed by atoms with Gasteiger partial charge in [-0.1, -0.05) is 26.8 Å². The van der Waals surface area contributed by atoms with E-state index in [1.165, 1.54) is 11.3 Å². The largest absolute Gasteiger partial charge is 0.339 e. The third-order valence-corrected chi connectivity index (χ3v) is 5.93. The van der Waals surface area contributed by atoms with E-state index in [1.54, 1.807) is 29.2 Å². The summed E-state index contributed by atoms with van der Waals surface area (Å²) in [6.07, 6.45) is 1.23. The number of hydrogen-bond acceptors (Lipinski definition) is 5. The molecule has 7 nitrogen and oxygen atoms in total. The Hall–Kier alpha value is -2.74. The molecule has 2 N–H and O–H groups in total. The number of nitrogens with zero attached hydrogens (tertiary/aromatic N) is 2. The molecule has 1 aliphatic rings. The lowest BCUT2D eigenvalue weighted by atomic mass is 9.95. The van der Waals surface area contributed by atoms with E-state index >= 15 is 0 Å². The average molecular weight is 429 g/mol. The lowest BCUT2D eigenvalue weighted by molar-refractivity contribution is -0.123. The first-order valence-corrected chi connectivity index (χ1v) is 11.0. The number of amides is 3. The zero-order valence-corrected chi connectivity index (χ0v) is 18.6. The molecule has 160 valence electrons. The first kappa shape index (κ1) is 22.0. The normalized spacial score (nSPS) is 15.0. The number of hydrogen-bond donors (Lipinski definition) is 2. The molecule has 0 aliphatic carbocycles. The van der Waals surface area contributed by atoms with Gasteiger partial charge >= 0.3 is 0 Å². The maximum atomic E-state index is 12.9. The van der Waals surface area contributed by atoms with Crippen molar-refractivity contribution in [2.24, 2.45) is 11.3 Å². The summed E-state index contributed by atoms with van der Waals surface area (Å²) in [5.41, 5.74) is 1.51. The average Bonchev–Trinajstić information content (AvgIpc) is 3.11. The molecule has 3 amide bonds. The molecule has 30 heavy (non-hydrogen) atoms. The maximum absolute atomic E-state index is 12.9. The van der Waals surface area contributed by atoms with Crippen LogP contribution >= 0.6 is 11.3 Å². The van der Waals surface area contributed by atoms with Crippen LogP contribution in [0.15, 0.2) is 29.6 Å². The molecule has 0 radical (unpaired) electrons. The fourth-order valence-electron chi connectivity index (χ4n) is 3.19. The Labute approximate surface area is 180 Å². The summed E-state index contributed by atoms with van der Waals surface area (Å²) in [4.78, 5) is 43.6. The summed E-state index contributed by atoms with van der Waals surface area (Å²) < 4.78 is 0. The van der Waals surface area contributed by atoms with E-state index in [2.05, 4.69) is 15.6 Å². The van der Waals surface area contributed by atoms with Gasteiger partial charge in [0.2, 0.25) is 11.8 Å². The summed E-state index contributed by atoms with van der Waals surface area (Å²) in [6, 6.07) is 6.99. The summed E-state index contributed by atoms with van der Waals surface area (Å²) >= 11 is 1.41. The fraction of sp³-hybridized carbons (Fsp3) is 0.455. The van der Waals surface area contributed by atoms with Crippen molar-refractivity contribution in [3.8, 4) is 0 Å². The number of benzene rings is 1. The Morgan fingerprint density at radius 2 is 1.83 bits per heavy atom. The third-order valence-electron chi connectivity index (χ3n) is 5.05. The highest BCUT2D eigenvalue weighted by Crippen LogP contribution is 2.24. The van der Waals surface area contributed by atoms with Crippen molar-refractivity contribution < 1.29 is 14.4 Å². The van der Waals surface area contributed by atoms with Crippen molar-refractivity contribution in [3.63, 3.8) is 0 Å². The molecule has 1 saturated heterocycles. The second kappa shape index (κ2) is 8.95. The van der Waals surface area contributed by atoms with Crippen molar-refractivity contribution in [2.75, 3.05) is 23.7 Å². The number of anilines is 2. The second-order valence-electron chi connectivity index (χ2n) is 8.63. The molecule has 1 aliphatic heterocycles. The van der Waals surface area contributed by atoms with Crippen LogP contribution in [0.1, 0.15) is 49.7 Å². The van der Waals surface area contributed by atoms with Crippen LogP contribution in [-0.2, 0) is 9.59 Å². The zero-order valence-electron chi connectivity index (χ0n) is 17.8. The monoisotopic (exact) mass is 428 g/mol. The minimum Gasteiger partial charge on any atom is -0.339 e. The van der Waals surface area contributed by atoms with Crippen LogP contribution in [0.3, 0.4) is 0 Å². The molecular weight excluding hydrogens is 400 g/mol. The van der Waals surface area contributed by atoms with Gasteiger partial charge in [-0.15, -0.1) is 11.3 Å². The van der Waals surface area contributed by atoms with Gasteiger partial charge in [0.05, 0.1) is 5.69 Å². The van der Waals surface area contributed by atoms with Crippen LogP contribution in [-0.4, -0.2) is 40.7 Å². The van der Waals surface area contributed by atoms with Crippen molar-refractivity contribution >= 4 is 39.9 Å². The van der Waals surface area contributed by atoms with Crippen LogP contribution < -0.4 is 10.6 Å². The number of carbonyl (C=O) groups is 3. The van der Waals surface area contributed by atoms with Crippen LogP contribution in [0.2, 0.25) is 0 Å². The minimum absolute atomic E-state index is 0.0386. The fourth-order valence-corrected chi connectivity index (χ4v) is 3.89. The molecule has 1 fully saturated rings. The smallest absolute Gasteiger partial charge is 0.253 e. The van der Waals surface area contributed by atoms with Crippen LogP contribution in [0, 0.1) is 18.3 Å². The predicted octanol–water partition coefficient (Wildman–Crippen LogP) is 3.93. The van der Waals surface area contributed by atoms with Crippen LogP contribution in [0.5, 0.6) is 0 Å². The van der Waals surface area contributed by atoms with E-state index in [9.17, 15) is 14.4 Å². The van der Waals surface area contributed by atoms with Gasteiger partial charge in [-0.3, -0.25) is 14.4 Å². The number of nitrogens with one attached hydrogen (secondary N) is 2. The molecule has 0 unspecified atom stereocenters. The van der Waals surface area contributed by atoms with Crippen LogP contribution in [0.25, 0.3) is 0 Å². The predicted molar refractivity (Wildman–Crippen MR) is 119 cm³/mol. The molecule has 3 rings (SSSR count). The van der Waals surface area contributed by atoms with E-state index < -0.39 is 5.41 Å². The standard InChI is InChI=1S/C22H28N4O3S/c1-14-13-30-21(23-14)25-18(27)15-8-10-26(11-9-15)19(28)16-6-5-7-17(12-16)24-20(29)22(2,3)4/h5-7,12-13,15H,8-11H2,1-4H3,(H,24,29)(H,23,25,27). The molecular formula is C22H28N4O3S. The molecule has 0 spiro atoms. The first-order chi connectivity index (χ1) is 14.1. The molecule has 2 heterocycles. The lowest BCUT2D eigenvalue weighted by Crippen LogP contribution is -2.41. The maximum Gasteiger partial charge on any atom is 0.253 e. The van der Waals surface area contributed by atoms with Crippen LogP contribution in [0.4, 0.5) is 10.8 Å². The first-order valence-electron chi connectivity index (χ1n) is 10.1. The Morgan fingerprint density at radius 3 is 2.43 bits per heavy atom. The van der Waals surface area contributed by atoms with Gasteiger partial charge in [0, 0.05) is 41.1 Å². The molecule has 8 heteroatoms. The van der Waals surface area contributed by atoms with E-state index in [1.807, 2.05) is 33.1 Å². The minimum atomic E-state index is -0.514. The molecule has 1 aromatic carbocycles. The number of thiazole rings is 1. The topological polar surface area (TPSA) is 91.4 Å². The van der Waals surface area contributed by atoms with E-state index in [4.69, 9.17) is 0 Å². The van der Waals surface area contributed by atoms with Gasteiger partial charge in [-0.25, -0.2) is 4.98 Å². The highest BCUT2D eigenvalue weighted by molar-refractivity contribution is 7.13. The highest BCUT2D eigenvalue weighted by Gasteiger charge is 2.28. The van der Waals surface area contributed by atoms with Gasteiger partial charge < -0.3 is 15.5 Å². The van der Waals surface area contributed by atoms with Gasteiger partial charge in [-0.2, -0.15) is 0 Å². The van der Waals surface area contributed by atoms with Gasteiger partial charge in [-0.05, 0) is 38.0 Å². The Balaban J connectivity index is 1.56. The van der Waals surface area contributed by atoms with E-state index in [0.717, 1.165) is 5.69 Å². The Bertz CT molecular complexity index is 940. The SMILES string of the molecule is Cc1csc(NC(=O)C2CCN(C(=O)c3cccc(NC(=O)C(C)(C)C)c3)CC2)n1. The number of piperidine rings is 1. The lowest BCUT2D eigenvalue weighted by Gasteiger charge is -2.31. The number of rotatable bonds is 4. The quantitative estimate of drug-likeness (QED) is 0.772. The van der Waals surface area contributed by atoms with Crippen molar-refractivity contribution in [1.29, 1.82) is 0 Å². The third kappa shape index (κ3) is 5.44. The zero-order chi connectivity index (χ0) is 21.9. The Kier molecular flexibility index (Phi) is 6.55. The van der Waals surface area contributed by atoms with E-state index in [-0.39, 0.29) is 23.6 Å². The summed E-state index contributed by atoms with van der Waals surface area (Å²) in [5.74, 6) is -0.357.